The van der Waals surface area contributed by atoms with Crippen LogP contribution >= 0.6 is 34.8 Å². The van der Waals surface area contributed by atoms with E-state index >= 15 is 0 Å². The first-order valence-electron chi connectivity index (χ1n) is 4.71. The van der Waals surface area contributed by atoms with E-state index < -0.39 is 0 Å². The normalized spacial score (nSPS) is 10.8. The standard InChI is InChI=1S/C10H8Cl3N3O/c1-15-10(17)16(9(13)14-15)8-3-2-7(12)4-6(8)5-11/h2-4H,5H2,1H3. The van der Waals surface area contributed by atoms with E-state index in [1.165, 1.54) is 11.6 Å². The number of aryl methyl sites for hydroxylation is 1. The molecule has 17 heavy (non-hydrogen) atoms. The lowest BCUT2D eigenvalue weighted by Gasteiger charge is -2.07. The molecule has 0 bridgehead atoms. The molecule has 0 saturated carbocycles. The van der Waals surface area contributed by atoms with Gasteiger partial charge in [-0.05, 0) is 35.4 Å². The maximum absolute atomic E-state index is 11.8. The first kappa shape index (κ1) is 12.5. The Labute approximate surface area is 112 Å². The fraction of sp³-hybridized carbons (Fsp3) is 0.200. The van der Waals surface area contributed by atoms with Crippen LogP contribution in [0.4, 0.5) is 0 Å². The van der Waals surface area contributed by atoms with Crippen molar-refractivity contribution >= 4 is 34.8 Å². The number of hydrogen-bond acceptors (Lipinski definition) is 2. The predicted molar refractivity (Wildman–Crippen MR) is 68.4 cm³/mol. The lowest BCUT2D eigenvalue weighted by atomic mass is 10.2. The summed E-state index contributed by atoms with van der Waals surface area (Å²) in [6.45, 7) is 0. The molecule has 1 aromatic carbocycles. The van der Waals surface area contributed by atoms with Gasteiger partial charge in [0, 0.05) is 18.0 Å². The van der Waals surface area contributed by atoms with Crippen molar-refractivity contribution in [3.63, 3.8) is 0 Å². The van der Waals surface area contributed by atoms with Crippen LogP contribution in [0.1, 0.15) is 5.56 Å². The Morgan fingerprint density at radius 1 is 1.35 bits per heavy atom. The van der Waals surface area contributed by atoms with Crippen molar-refractivity contribution in [3.8, 4) is 5.69 Å². The Bertz CT molecular complexity index is 618. The number of benzene rings is 1. The van der Waals surface area contributed by atoms with Crippen LogP contribution in [0.2, 0.25) is 10.3 Å². The molecule has 2 rings (SSSR count). The highest BCUT2D eigenvalue weighted by Crippen LogP contribution is 2.22. The van der Waals surface area contributed by atoms with Crippen molar-refractivity contribution in [2.45, 2.75) is 5.88 Å². The quantitative estimate of drug-likeness (QED) is 0.798. The minimum Gasteiger partial charge on any atom is -0.246 e. The van der Waals surface area contributed by atoms with Crippen LogP contribution in [0.15, 0.2) is 23.0 Å². The number of halogens is 3. The van der Waals surface area contributed by atoms with Crippen LogP contribution in [-0.4, -0.2) is 14.3 Å². The molecule has 1 aromatic heterocycles. The summed E-state index contributed by atoms with van der Waals surface area (Å²) in [5, 5.41) is 4.48. The zero-order valence-electron chi connectivity index (χ0n) is 8.82. The second kappa shape index (κ2) is 4.72. The molecule has 0 aliphatic carbocycles. The third kappa shape index (κ3) is 2.20. The highest BCUT2D eigenvalue weighted by atomic mass is 35.5. The largest absolute Gasteiger partial charge is 0.351 e. The maximum atomic E-state index is 11.8. The first-order valence-corrected chi connectivity index (χ1v) is 6.00. The van der Waals surface area contributed by atoms with Gasteiger partial charge in [0.25, 0.3) is 0 Å². The Hall–Kier alpha value is -0.970. The van der Waals surface area contributed by atoms with Gasteiger partial charge >= 0.3 is 5.69 Å². The van der Waals surface area contributed by atoms with E-state index in [0.29, 0.717) is 10.7 Å². The SMILES string of the molecule is Cn1nc(Cl)n(-c2ccc(Cl)cc2CCl)c1=O. The van der Waals surface area contributed by atoms with Crippen molar-refractivity contribution in [1.29, 1.82) is 0 Å². The minimum absolute atomic E-state index is 0.0891. The Morgan fingerprint density at radius 2 is 2.06 bits per heavy atom. The Balaban J connectivity index is 2.72. The van der Waals surface area contributed by atoms with Gasteiger partial charge in [0.2, 0.25) is 5.28 Å². The number of alkyl halides is 1. The van der Waals surface area contributed by atoms with E-state index in [9.17, 15) is 4.79 Å². The lowest BCUT2D eigenvalue weighted by molar-refractivity contribution is 0.725. The van der Waals surface area contributed by atoms with Crippen molar-refractivity contribution in [1.82, 2.24) is 14.3 Å². The van der Waals surface area contributed by atoms with Crippen LogP contribution < -0.4 is 5.69 Å². The molecule has 0 fully saturated rings. The van der Waals surface area contributed by atoms with E-state index in [4.69, 9.17) is 34.8 Å². The first-order chi connectivity index (χ1) is 8.04. The van der Waals surface area contributed by atoms with Crippen LogP contribution in [0, 0.1) is 0 Å². The molecule has 4 nitrogen and oxygen atoms in total. The van der Waals surface area contributed by atoms with Crippen molar-refractivity contribution in [2.75, 3.05) is 0 Å². The zero-order valence-corrected chi connectivity index (χ0v) is 11.1. The molecule has 0 aliphatic heterocycles. The molecule has 2 aromatic rings. The second-order valence-electron chi connectivity index (χ2n) is 3.42. The van der Waals surface area contributed by atoms with E-state index in [0.717, 1.165) is 10.2 Å². The van der Waals surface area contributed by atoms with Crippen molar-refractivity contribution < 1.29 is 0 Å². The summed E-state index contributed by atoms with van der Waals surface area (Å²) in [7, 11) is 1.53. The van der Waals surface area contributed by atoms with E-state index in [1.807, 2.05) is 0 Å². The summed E-state index contributed by atoms with van der Waals surface area (Å²) < 4.78 is 2.45. The van der Waals surface area contributed by atoms with Gasteiger partial charge in [0.05, 0.1) is 5.69 Å². The maximum Gasteiger partial charge on any atom is 0.351 e. The monoisotopic (exact) mass is 291 g/mol. The van der Waals surface area contributed by atoms with E-state index in [2.05, 4.69) is 5.10 Å². The smallest absolute Gasteiger partial charge is 0.246 e. The van der Waals surface area contributed by atoms with Gasteiger partial charge in [-0.25, -0.2) is 14.0 Å². The van der Waals surface area contributed by atoms with E-state index in [-0.39, 0.29) is 16.9 Å². The summed E-state index contributed by atoms with van der Waals surface area (Å²) in [5.74, 6) is 0.230. The van der Waals surface area contributed by atoms with Gasteiger partial charge in [-0.1, -0.05) is 11.6 Å². The molecule has 90 valence electrons. The molecule has 0 unspecified atom stereocenters. The molecule has 0 atom stereocenters. The molecule has 0 radical (unpaired) electrons. The topological polar surface area (TPSA) is 39.8 Å². The van der Waals surface area contributed by atoms with Crippen LogP contribution in [-0.2, 0) is 12.9 Å². The fourth-order valence-electron chi connectivity index (χ4n) is 1.52. The molecule has 0 N–H and O–H groups in total. The number of rotatable bonds is 2. The molecule has 0 saturated heterocycles. The minimum atomic E-state index is -0.330. The number of aromatic nitrogens is 3. The van der Waals surface area contributed by atoms with Gasteiger partial charge in [0.15, 0.2) is 0 Å². The highest BCUT2D eigenvalue weighted by Gasteiger charge is 2.14. The number of hydrogen-bond donors (Lipinski definition) is 0. The summed E-state index contributed by atoms with van der Waals surface area (Å²) in [5.41, 5.74) is 0.979. The average molecular weight is 293 g/mol. The molecule has 0 amide bonds. The molecule has 0 aliphatic rings. The zero-order chi connectivity index (χ0) is 12.6. The third-order valence-electron chi connectivity index (χ3n) is 2.31. The summed E-state index contributed by atoms with van der Waals surface area (Å²) in [6, 6.07) is 5.05. The van der Waals surface area contributed by atoms with Crippen molar-refractivity contribution in [3.05, 3.63) is 44.6 Å². The molecular formula is C10H8Cl3N3O. The number of nitrogens with zero attached hydrogens (tertiary/aromatic N) is 3. The fourth-order valence-corrected chi connectivity index (χ4v) is 2.20. The Kier molecular flexibility index (Phi) is 3.47. The highest BCUT2D eigenvalue weighted by molar-refractivity contribution is 6.31. The van der Waals surface area contributed by atoms with Gasteiger partial charge in [-0.3, -0.25) is 0 Å². The van der Waals surface area contributed by atoms with Gasteiger partial charge in [-0.2, -0.15) is 0 Å². The molecule has 0 spiro atoms. The predicted octanol–water partition coefficient (Wildman–Crippen LogP) is 2.62. The van der Waals surface area contributed by atoms with Crippen LogP contribution in [0.5, 0.6) is 0 Å². The molecule has 7 heteroatoms. The molecular weight excluding hydrogens is 284 g/mol. The van der Waals surface area contributed by atoms with E-state index in [1.54, 1.807) is 18.2 Å². The summed E-state index contributed by atoms with van der Waals surface area (Å²) >= 11 is 17.6. The van der Waals surface area contributed by atoms with Crippen LogP contribution in [0.25, 0.3) is 5.69 Å². The Morgan fingerprint density at radius 3 is 2.59 bits per heavy atom. The van der Waals surface area contributed by atoms with Gasteiger partial charge < -0.3 is 0 Å². The lowest BCUT2D eigenvalue weighted by Crippen LogP contribution is -2.22. The summed E-state index contributed by atoms with van der Waals surface area (Å²) in [4.78, 5) is 11.8. The summed E-state index contributed by atoms with van der Waals surface area (Å²) in [6.07, 6.45) is 0. The van der Waals surface area contributed by atoms with Crippen LogP contribution in [0.3, 0.4) is 0 Å². The van der Waals surface area contributed by atoms with Gasteiger partial charge in [0.1, 0.15) is 0 Å². The average Bonchev–Trinajstić information content (AvgIpc) is 2.54. The third-order valence-corrected chi connectivity index (χ3v) is 3.08. The van der Waals surface area contributed by atoms with Gasteiger partial charge in [-0.15, -0.1) is 16.7 Å². The second-order valence-corrected chi connectivity index (χ2v) is 4.46. The molecule has 1 heterocycles. The van der Waals surface area contributed by atoms with Crippen molar-refractivity contribution in [2.24, 2.45) is 7.05 Å².